The van der Waals surface area contributed by atoms with Crippen molar-refractivity contribution in [2.75, 3.05) is 0 Å². The highest BCUT2D eigenvalue weighted by atomic mass is 16.6. The van der Waals surface area contributed by atoms with Crippen molar-refractivity contribution in [2.24, 2.45) is 5.41 Å². The topological polar surface area (TPSA) is 43.4 Å². The third-order valence-corrected chi connectivity index (χ3v) is 2.53. The van der Waals surface area contributed by atoms with Crippen LogP contribution < -0.4 is 0 Å². The Bertz CT molecular complexity index is 239. The summed E-state index contributed by atoms with van der Waals surface area (Å²) in [5.74, 6) is -0.732. The van der Waals surface area contributed by atoms with Gasteiger partial charge in [0.05, 0.1) is 12.8 Å². The van der Waals surface area contributed by atoms with E-state index in [0.29, 0.717) is 12.8 Å². The maximum Gasteiger partial charge on any atom is 0.314 e. The molecule has 0 amide bonds. The number of rotatable bonds is 0. The largest absolute Gasteiger partial charge is 0.393 e. The molecule has 0 atom stereocenters. The zero-order chi connectivity index (χ0) is 8.60. The standard InChI is InChI=1S/C9H10O3/c10-7-5-9(3-1-2-4-9)6-8(11)12-7/h1-2H,3-6H2. The highest BCUT2D eigenvalue weighted by Gasteiger charge is 2.41. The van der Waals surface area contributed by atoms with Gasteiger partial charge in [-0.2, -0.15) is 0 Å². The zero-order valence-corrected chi connectivity index (χ0v) is 6.71. The maximum absolute atomic E-state index is 11.0. The summed E-state index contributed by atoms with van der Waals surface area (Å²) in [7, 11) is 0. The SMILES string of the molecule is O=C1CC2(CC=CC2)CC(=O)O1. The fourth-order valence-electron chi connectivity index (χ4n) is 1.91. The van der Waals surface area contributed by atoms with E-state index in [1.807, 2.05) is 12.2 Å². The molecule has 64 valence electrons. The molecule has 2 rings (SSSR count). The minimum absolute atomic E-state index is 0.119. The van der Waals surface area contributed by atoms with Gasteiger partial charge in [-0.05, 0) is 18.3 Å². The number of hydrogen-bond acceptors (Lipinski definition) is 3. The summed E-state index contributed by atoms with van der Waals surface area (Å²) in [6.07, 6.45) is 6.54. The van der Waals surface area contributed by atoms with Crippen LogP contribution >= 0.6 is 0 Å². The van der Waals surface area contributed by atoms with Crippen LogP contribution in [0.25, 0.3) is 0 Å². The Labute approximate surface area is 70.4 Å². The van der Waals surface area contributed by atoms with Gasteiger partial charge >= 0.3 is 11.9 Å². The van der Waals surface area contributed by atoms with Crippen molar-refractivity contribution in [3.05, 3.63) is 12.2 Å². The van der Waals surface area contributed by atoms with Gasteiger partial charge in [-0.15, -0.1) is 0 Å². The number of carbonyl (C=O) groups excluding carboxylic acids is 2. The quantitative estimate of drug-likeness (QED) is 0.308. The molecule has 12 heavy (non-hydrogen) atoms. The number of allylic oxidation sites excluding steroid dienone is 2. The fourth-order valence-corrected chi connectivity index (χ4v) is 1.91. The second-order valence-corrected chi connectivity index (χ2v) is 3.58. The van der Waals surface area contributed by atoms with E-state index in [0.717, 1.165) is 12.8 Å². The number of cyclic esters (lactones) is 2. The molecule has 2 aliphatic rings. The molecule has 0 aromatic rings. The Morgan fingerprint density at radius 3 is 2.08 bits per heavy atom. The molecule has 0 saturated carbocycles. The van der Waals surface area contributed by atoms with Gasteiger partial charge in [-0.1, -0.05) is 12.2 Å². The molecule has 3 nitrogen and oxygen atoms in total. The lowest BCUT2D eigenvalue weighted by atomic mass is 9.78. The van der Waals surface area contributed by atoms with Crippen molar-refractivity contribution in [3.63, 3.8) is 0 Å². The van der Waals surface area contributed by atoms with Gasteiger partial charge in [-0.25, -0.2) is 0 Å². The first-order chi connectivity index (χ1) is 5.70. The Morgan fingerprint density at radius 2 is 1.58 bits per heavy atom. The molecular formula is C9H10O3. The molecule has 0 radical (unpaired) electrons. The van der Waals surface area contributed by atoms with Crippen LogP contribution in [-0.2, 0) is 14.3 Å². The van der Waals surface area contributed by atoms with Crippen LogP contribution in [0.1, 0.15) is 25.7 Å². The molecule has 1 fully saturated rings. The molecule has 0 unspecified atom stereocenters. The van der Waals surface area contributed by atoms with Crippen LogP contribution in [0.2, 0.25) is 0 Å². The van der Waals surface area contributed by atoms with Crippen molar-refractivity contribution in [2.45, 2.75) is 25.7 Å². The van der Waals surface area contributed by atoms with E-state index in [1.165, 1.54) is 0 Å². The average molecular weight is 166 g/mol. The number of esters is 2. The van der Waals surface area contributed by atoms with E-state index in [2.05, 4.69) is 4.74 Å². The minimum atomic E-state index is -0.366. The molecule has 3 heteroatoms. The summed E-state index contributed by atoms with van der Waals surface area (Å²) in [6.45, 7) is 0. The molecular weight excluding hydrogens is 156 g/mol. The van der Waals surface area contributed by atoms with Crippen molar-refractivity contribution < 1.29 is 14.3 Å². The van der Waals surface area contributed by atoms with Crippen molar-refractivity contribution >= 4 is 11.9 Å². The van der Waals surface area contributed by atoms with Crippen molar-refractivity contribution in [1.29, 1.82) is 0 Å². The number of ether oxygens (including phenoxy) is 1. The van der Waals surface area contributed by atoms with Crippen molar-refractivity contribution in [3.8, 4) is 0 Å². The molecule has 1 spiro atoms. The van der Waals surface area contributed by atoms with E-state index in [9.17, 15) is 9.59 Å². The molecule has 0 aromatic heterocycles. The average Bonchev–Trinajstić information content (AvgIpc) is 2.33. The zero-order valence-electron chi connectivity index (χ0n) is 6.71. The highest BCUT2D eigenvalue weighted by Crippen LogP contribution is 2.42. The summed E-state index contributed by atoms with van der Waals surface area (Å²) in [5.41, 5.74) is -0.119. The van der Waals surface area contributed by atoms with Crippen LogP contribution in [0.15, 0.2) is 12.2 Å². The number of carbonyl (C=O) groups is 2. The highest BCUT2D eigenvalue weighted by molar-refractivity contribution is 5.89. The first-order valence-corrected chi connectivity index (χ1v) is 4.09. The number of hydrogen-bond donors (Lipinski definition) is 0. The van der Waals surface area contributed by atoms with Gasteiger partial charge in [0, 0.05) is 0 Å². The van der Waals surface area contributed by atoms with E-state index in [-0.39, 0.29) is 17.4 Å². The van der Waals surface area contributed by atoms with E-state index < -0.39 is 0 Å². The predicted octanol–water partition coefficient (Wildman–Crippen LogP) is 1.19. The summed E-state index contributed by atoms with van der Waals surface area (Å²) in [5, 5.41) is 0. The second kappa shape index (κ2) is 2.44. The summed E-state index contributed by atoms with van der Waals surface area (Å²) >= 11 is 0. The summed E-state index contributed by atoms with van der Waals surface area (Å²) < 4.78 is 4.47. The Kier molecular flexibility index (Phi) is 1.53. The fraction of sp³-hybridized carbons (Fsp3) is 0.556. The lowest BCUT2D eigenvalue weighted by Crippen LogP contribution is -2.33. The molecule has 1 saturated heterocycles. The van der Waals surface area contributed by atoms with Gasteiger partial charge in [0.1, 0.15) is 0 Å². The Balaban J connectivity index is 2.16. The van der Waals surface area contributed by atoms with Crippen LogP contribution in [0.4, 0.5) is 0 Å². The molecule has 0 N–H and O–H groups in total. The van der Waals surface area contributed by atoms with Gasteiger partial charge in [-0.3, -0.25) is 9.59 Å². The molecule has 1 aliphatic carbocycles. The third kappa shape index (κ3) is 1.15. The first kappa shape index (κ1) is 7.53. The normalized spacial score (nSPS) is 26.3. The third-order valence-electron chi connectivity index (χ3n) is 2.53. The van der Waals surface area contributed by atoms with Crippen LogP contribution in [-0.4, -0.2) is 11.9 Å². The van der Waals surface area contributed by atoms with Crippen LogP contribution in [0.3, 0.4) is 0 Å². The Morgan fingerprint density at radius 1 is 1.08 bits per heavy atom. The maximum atomic E-state index is 11.0. The van der Waals surface area contributed by atoms with Gasteiger partial charge in [0.15, 0.2) is 0 Å². The van der Waals surface area contributed by atoms with E-state index >= 15 is 0 Å². The smallest absolute Gasteiger partial charge is 0.314 e. The summed E-state index contributed by atoms with van der Waals surface area (Å²) in [4.78, 5) is 21.9. The molecule has 1 aliphatic heterocycles. The molecule has 0 bridgehead atoms. The lowest BCUT2D eigenvalue weighted by Gasteiger charge is -2.30. The monoisotopic (exact) mass is 166 g/mol. The molecule has 0 aromatic carbocycles. The van der Waals surface area contributed by atoms with Crippen LogP contribution in [0.5, 0.6) is 0 Å². The van der Waals surface area contributed by atoms with E-state index in [1.54, 1.807) is 0 Å². The van der Waals surface area contributed by atoms with Gasteiger partial charge in [0.25, 0.3) is 0 Å². The predicted molar refractivity (Wildman–Crippen MR) is 41.1 cm³/mol. The minimum Gasteiger partial charge on any atom is -0.393 e. The Hall–Kier alpha value is -1.12. The summed E-state index contributed by atoms with van der Waals surface area (Å²) in [6, 6.07) is 0. The van der Waals surface area contributed by atoms with E-state index in [4.69, 9.17) is 0 Å². The molecule has 1 heterocycles. The first-order valence-electron chi connectivity index (χ1n) is 4.09. The van der Waals surface area contributed by atoms with Gasteiger partial charge in [0.2, 0.25) is 0 Å². The van der Waals surface area contributed by atoms with Crippen LogP contribution in [0, 0.1) is 5.41 Å². The van der Waals surface area contributed by atoms with Crippen molar-refractivity contribution in [1.82, 2.24) is 0 Å². The second-order valence-electron chi connectivity index (χ2n) is 3.58. The lowest BCUT2D eigenvalue weighted by molar-refractivity contribution is -0.168. The van der Waals surface area contributed by atoms with Gasteiger partial charge < -0.3 is 4.74 Å².